The fourth-order valence-electron chi connectivity index (χ4n) is 2.52. The van der Waals surface area contributed by atoms with E-state index in [0.717, 1.165) is 16.9 Å². The quantitative estimate of drug-likeness (QED) is 0.878. The van der Waals surface area contributed by atoms with Gasteiger partial charge in [0.15, 0.2) is 6.10 Å². The monoisotopic (exact) mass is 311 g/mol. The van der Waals surface area contributed by atoms with E-state index in [1.54, 1.807) is 19.2 Å². The van der Waals surface area contributed by atoms with Crippen molar-refractivity contribution >= 4 is 11.9 Å². The van der Waals surface area contributed by atoms with E-state index in [0.29, 0.717) is 18.5 Å². The summed E-state index contributed by atoms with van der Waals surface area (Å²) in [5, 5.41) is 2.80. The maximum absolute atomic E-state index is 12.2. The van der Waals surface area contributed by atoms with Crippen molar-refractivity contribution in [3.05, 3.63) is 65.2 Å². The predicted octanol–water partition coefficient (Wildman–Crippen LogP) is 2.09. The van der Waals surface area contributed by atoms with Crippen LogP contribution in [0.4, 0.5) is 0 Å². The highest BCUT2D eigenvalue weighted by Gasteiger charge is 2.30. The molecule has 23 heavy (non-hydrogen) atoms. The molecule has 0 saturated heterocycles. The summed E-state index contributed by atoms with van der Waals surface area (Å²) in [6.45, 7) is 0.374. The second-order valence-electron chi connectivity index (χ2n) is 5.32. The van der Waals surface area contributed by atoms with Gasteiger partial charge in [0, 0.05) is 13.0 Å². The van der Waals surface area contributed by atoms with Crippen LogP contribution in [0.15, 0.2) is 48.5 Å². The van der Waals surface area contributed by atoms with Gasteiger partial charge in [0.2, 0.25) is 0 Å². The van der Waals surface area contributed by atoms with Gasteiger partial charge in [0.1, 0.15) is 5.75 Å². The van der Waals surface area contributed by atoms with Crippen molar-refractivity contribution in [1.82, 2.24) is 5.32 Å². The minimum atomic E-state index is -0.782. The number of nitrogens with one attached hydrogen (secondary N) is 1. The van der Waals surface area contributed by atoms with Crippen LogP contribution in [0.2, 0.25) is 0 Å². The Morgan fingerprint density at radius 2 is 1.96 bits per heavy atom. The van der Waals surface area contributed by atoms with Gasteiger partial charge in [-0.1, -0.05) is 30.3 Å². The van der Waals surface area contributed by atoms with Crippen LogP contribution in [0.3, 0.4) is 0 Å². The lowest BCUT2D eigenvalue weighted by molar-refractivity contribution is -0.130. The van der Waals surface area contributed by atoms with Crippen LogP contribution < -0.4 is 10.1 Å². The molecule has 0 saturated carbocycles. The molecule has 0 bridgehead atoms. The van der Waals surface area contributed by atoms with Crippen molar-refractivity contribution in [3.63, 3.8) is 0 Å². The molecule has 1 amide bonds. The Balaban J connectivity index is 1.61. The SMILES string of the molecule is COc1ccc(CNC(=O)C2Cc3ccccc3C(=O)O2)cc1. The Labute approximate surface area is 134 Å². The third-order valence-corrected chi connectivity index (χ3v) is 3.81. The van der Waals surface area contributed by atoms with Gasteiger partial charge in [-0.05, 0) is 29.3 Å². The van der Waals surface area contributed by atoms with Gasteiger partial charge in [-0.3, -0.25) is 4.79 Å². The van der Waals surface area contributed by atoms with Crippen molar-refractivity contribution in [1.29, 1.82) is 0 Å². The predicted molar refractivity (Wildman–Crippen MR) is 84.2 cm³/mol. The molecular formula is C18H17NO4. The van der Waals surface area contributed by atoms with Gasteiger partial charge in [-0.2, -0.15) is 0 Å². The highest BCUT2D eigenvalue weighted by Crippen LogP contribution is 2.20. The van der Waals surface area contributed by atoms with Crippen LogP contribution in [-0.2, 0) is 22.5 Å². The van der Waals surface area contributed by atoms with Gasteiger partial charge >= 0.3 is 5.97 Å². The number of cyclic esters (lactones) is 1. The zero-order valence-electron chi connectivity index (χ0n) is 12.7. The second-order valence-corrected chi connectivity index (χ2v) is 5.32. The van der Waals surface area contributed by atoms with E-state index >= 15 is 0 Å². The largest absolute Gasteiger partial charge is 0.497 e. The number of benzene rings is 2. The summed E-state index contributed by atoms with van der Waals surface area (Å²) in [5.41, 5.74) is 2.32. The number of rotatable bonds is 4. The van der Waals surface area contributed by atoms with Crippen LogP contribution >= 0.6 is 0 Å². The van der Waals surface area contributed by atoms with E-state index in [1.165, 1.54) is 0 Å². The third kappa shape index (κ3) is 3.34. The number of carbonyl (C=O) groups excluding carboxylic acids is 2. The minimum Gasteiger partial charge on any atom is -0.497 e. The molecule has 1 heterocycles. The van der Waals surface area contributed by atoms with E-state index in [2.05, 4.69) is 5.32 Å². The third-order valence-electron chi connectivity index (χ3n) is 3.81. The first-order valence-electron chi connectivity index (χ1n) is 7.37. The van der Waals surface area contributed by atoms with Crippen LogP contribution in [0.25, 0.3) is 0 Å². The summed E-state index contributed by atoms with van der Waals surface area (Å²) in [6.07, 6.45) is -0.383. The number of fused-ring (bicyclic) bond motifs is 1. The summed E-state index contributed by atoms with van der Waals surface area (Å²) >= 11 is 0. The number of esters is 1. The first-order valence-corrected chi connectivity index (χ1v) is 7.37. The number of hydrogen-bond donors (Lipinski definition) is 1. The highest BCUT2D eigenvalue weighted by molar-refractivity contribution is 5.95. The zero-order valence-corrected chi connectivity index (χ0v) is 12.7. The zero-order chi connectivity index (χ0) is 16.2. The topological polar surface area (TPSA) is 64.6 Å². The minimum absolute atomic E-state index is 0.288. The first kappa shape index (κ1) is 15.1. The summed E-state index contributed by atoms with van der Waals surface area (Å²) in [6, 6.07) is 14.6. The molecule has 1 atom stereocenters. The molecule has 2 aromatic carbocycles. The maximum atomic E-state index is 12.2. The van der Waals surface area contributed by atoms with E-state index in [1.807, 2.05) is 36.4 Å². The molecule has 1 aliphatic rings. The summed E-state index contributed by atoms with van der Waals surface area (Å²) < 4.78 is 10.3. The molecule has 0 fully saturated rings. The van der Waals surface area contributed by atoms with Crippen LogP contribution in [0, 0.1) is 0 Å². The van der Waals surface area contributed by atoms with Crippen LogP contribution in [-0.4, -0.2) is 25.1 Å². The van der Waals surface area contributed by atoms with Gasteiger partial charge in [-0.25, -0.2) is 4.79 Å². The number of ether oxygens (including phenoxy) is 2. The van der Waals surface area contributed by atoms with E-state index in [4.69, 9.17) is 9.47 Å². The molecule has 0 aromatic heterocycles. The standard InChI is InChI=1S/C18H17NO4/c1-22-14-8-6-12(7-9-14)11-19-17(20)16-10-13-4-2-3-5-15(13)18(21)23-16/h2-9,16H,10-11H2,1H3,(H,19,20). The van der Waals surface area contributed by atoms with E-state index < -0.39 is 12.1 Å². The van der Waals surface area contributed by atoms with Gasteiger partial charge in [0.25, 0.3) is 5.91 Å². The molecule has 1 unspecified atom stereocenters. The van der Waals surface area contributed by atoms with Gasteiger partial charge in [0.05, 0.1) is 12.7 Å². The highest BCUT2D eigenvalue weighted by atomic mass is 16.5. The number of methoxy groups -OCH3 is 1. The summed E-state index contributed by atoms with van der Waals surface area (Å²) in [5.74, 6) is 0.0259. The second kappa shape index (κ2) is 6.52. The molecule has 3 rings (SSSR count). The first-order chi connectivity index (χ1) is 11.2. The Morgan fingerprint density at radius 3 is 2.70 bits per heavy atom. The van der Waals surface area contributed by atoms with Crippen molar-refractivity contribution in [2.75, 3.05) is 7.11 Å². The molecular weight excluding hydrogens is 294 g/mol. The molecule has 0 spiro atoms. The number of carbonyl (C=O) groups is 2. The molecule has 0 radical (unpaired) electrons. The lowest BCUT2D eigenvalue weighted by Crippen LogP contribution is -2.41. The fraction of sp³-hybridized carbons (Fsp3) is 0.222. The Bertz CT molecular complexity index is 724. The van der Waals surface area contributed by atoms with E-state index in [9.17, 15) is 9.59 Å². The van der Waals surface area contributed by atoms with Crippen LogP contribution in [0.1, 0.15) is 21.5 Å². The molecule has 118 valence electrons. The van der Waals surface area contributed by atoms with Crippen molar-refractivity contribution < 1.29 is 19.1 Å². The summed E-state index contributed by atoms with van der Waals surface area (Å²) in [7, 11) is 1.60. The van der Waals surface area contributed by atoms with Gasteiger partial charge in [-0.15, -0.1) is 0 Å². The van der Waals surface area contributed by atoms with Crippen molar-refractivity contribution in [2.24, 2.45) is 0 Å². The average Bonchev–Trinajstić information content (AvgIpc) is 2.60. The Hall–Kier alpha value is -2.82. The van der Waals surface area contributed by atoms with Crippen molar-refractivity contribution in [2.45, 2.75) is 19.1 Å². The lowest BCUT2D eigenvalue weighted by atomic mass is 9.98. The molecule has 1 aliphatic heterocycles. The molecule has 5 nitrogen and oxygen atoms in total. The average molecular weight is 311 g/mol. The number of hydrogen-bond acceptors (Lipinski definition) is 4. The fourth-order valence-corrected chi connectivity index (χ4v) is 2.52. The molecule has 2 aromatic rings. The lowest BCUT2D eigenvalue weighted by Gasteiger charge is -2.23. The van der Waals surface area contributed by atoms with E-state index in [-0.39, 0.29) is 5.91 Å². The molecule has 0 aliphatic carbocycles. The summed E-state index contributed by atoms with van der Waals surface area (Å²) in [4.78, 5) is 24.2. The van der Waals surface area contributed by atoms with Crippen LogP contribution in [0.5, 0.6) is 5.75 Å². The Morgan fingerprint density at radius 1 is 1.22 bits per heavy atom. The molecule has 5 heteroatoms. The van der Waals surface area contributed by atoms with Crippen molar-refractivity contribution in [3.8, 4) is 5.75 Å². The number of amides is 1. The Kier molecular flexibility index (Phi) is 4.28. The normalized spacial score (nSPS) is 16.2. The smallest absolute Gasteiger partial charge is 0.339 e. The van der Waals surface area contributed by atoms with Gasteiger partial charge < -0.3 is 14.8 Å². The molecule has 1 N–H and O–H groups in total. The maximum Gasteiger partial charge on any atom is 0.339 e.